The van der Waals surface area contributed by atoms with E-state index in [4.69, 9.17) is 4.74 Å². The summed E-state index contributed by atoms with van der Waals surface area (Å²) in [6.07, 6.45) is 1.94. The third-order valence-electron chi connectivity index (χ3n) is 4.23. The molecule has 1 aliphatic rings. The first kappa shape index (κ1) is 16.6. The largest absolute Gasteiger partial charge is 0.495 e. The first-order chi connectivity index (χ1) is 10.7. The van der Waals surface area contributed by atoms with E-state index in [0.717, 1.165) is 37.4 Å². The summed E-state index contributed by atoms with van der Waals surface area (Å²) < 4.78 is 5.43. The Bertz CT molecular complexity index is 485. The molecular weight excluding hydrogens is 278 g/mol. The topological polar surface area (TPSA) is 53.6 Å². The van der Waals surface area contributed by atoms with E-state index in [1.165, 1.54) is 0 Å². The number of nitrogens with one attached hydrogen (secondary N) is 2. The molecule has 0 aliphatic carbocycles. The average molecular weight is 305 g/mol. The van der Waals surface area contributed by atoms with Crippen LogP contribution < -0.4 is 20.3 Å². The van der Waals surface area contributed by atoms with Crippen molar-refractivity contribution >= 4 is 11.6 Å². The van der Waals surface area contributed by atoms with Gasteiger partial charge in [0.1, 0.15) is 5.75 Å². The molecule has 1 aromatic rings. The van der Waals surface area contributed by atoms with Crippen LogP contribution in [0.15, 0.2) is 24.3 Å². The summed E-state index contributed by atoms with van der Waals surface area (Å²) in [4.78, 5) is 14.4. The molecule has 1 aliphatic heterocycles. The molecule has 2 rings (SSSR count). The Kier molecular flexibility index (Phi) is 6.07. The van der Waals surface area contributed by atoms with Gasteiger partial charge in [-0.1, -0.05) is 19.1 Å². The lowest BCUT2D eigenvalue weighted by Gasteiger charge is -2.35. The molecule has 2 N–H and O–H groups in total. The number of ether oxygens (including phenoxy) is 1. The van der Waals surface area contributed by atoms with Crippen molar-refractivity contribution in [2.24, 2.45) is 5.92 Å². The minimum Gasteiger partial charge on any atom is -0.495 e. The van der Waals surface area contributed by atoms with Gasteiger partial charge < -0.3 is 20.3 Å². The zero-order valence-corrected chi connectivity index (χ0v) is 13.8. The summed E-state index contributed by atoms with van der Waals surface area (Å²) in [6.45, 7) is 4.54. The van der Waals surface area contributed by atoms with Crippen molar-refractivity contribution in [2.45, 2.75) is 25.8 Å². The fraction of sp³-hybridized carbons (Fsp3) is 0.588. The molecule has 22 heavy (non-hydrogen) atoms. The maximum absolute atomic E-state index is 12.1. The molecule has 1 atom stereocenters. The first-order valence-corrected chi connectivity index (χ1v) is 7.98. The smallest absolute Gasteiger partial charge is 0.224 e. The van der Waals surface area contributed by atoms with Gasteiger partial charge in [-0.3, -0.25) is 4.79 Å². The summed E-state index contributed by atoms with van der Waals surface area (Å²) in [5, 5.41) is 6.21. The van der Waals surface area contributed by atoms with Gasteiger partial charge in [-0.2, -0.15) is 0 Å². The molecule has 122 valence electrons. The number of carbonyl (C=O) groups excluding carboxylic acids is 1. The Morgan fingerprint density at radius 3 is 2.68 bits per heavy atom. The number of carbonyl (C=O) groups is 1. The van der Waals surface area contributed by atoms with Crippen molar-refractivity contribution < 1.29 is 9.53 Å². The van der Waals surface area contributed by atoms with Crippen LogP contribution in [0.4, 0.5) is 5.69 Å². The molecule has 1 heterocycles. The molecule has 1 amide bonds. The molecule has 5 heteroatoms. The molecule has 1 saturated heterocycles. The van der Waals surface area contributed by atoms with Crippen LogP contribution >= 0.6 is 0 Å². The Morgan fingerprint density at radius 1 is 1.36 bits per heavy atom. The fourth-order valence-electron chi connectivity index (χ4n) is 2.90. The molecule has 0 radical (unpaired) electrons. The number of para-hydroxylation sites is 2. The van der Waals surface area contributed by atoms with Crippen LogP contribution in [0.3, 0.4) is 0 Å². The molecule has 1 aromatic carbocycles. The van der Waals surface area contributed by atoms with Gasteiger partial charge in [0.05, 0.1) is 12.8 Å². The van der Waals surface area contributed by atoms with E-state index in [-0.39, 0.29) is 17.9 Å². The van der Waals surface area contributed by atoms with Gasteiger partial charge >= 0.3 is 0 Å². The number of hydrogen-bond acceptors (Lipinski definition) is 4. The van der Waals surface area contributed by atoms with E-state index in [0.29, 0.717) is 6.54 Å². The van der Waals surface area contributed by atoms with Gasteiger partial charge in [-0.25, -0.2) is 0 Å². The van der Waals surface area contributed by atoms with Gasteiger partial charge in [0.25, 0.3) is 0 Å². The summed E-state index contributed by atoms with van der Waals surface area (Å²) >= 11 is 0. The van der Waals surface area contributed by atoms with Gasteiger partial charge in [0.15, 0.2) is 0 Å². The number of amides is 1. The highest BCUT2D eigenvalue weighted by molar-refractivity contribution is 5.78. The zero-order chi connectivity index (χ0) is 15.9. The summed E-state index contributed by atoms with van der Waals surface area (Å²) in [7, 11) is 3.57. The van der Waals surface area contributed by atoms with Crippen molar-refractivity contribution in [1.82, 2.24) is 10.6 Å². The number of methoxy groups -OCH3 is 1. The standard InChI is InChI=1S/C17H27N3O2/c1-13(12-18-2)17(21)19-14-8-10-20(11-9-14)15-6-4-5-7-16(15)22-3/h4-7,13-14,18H,8-12H2,1-3H3,(H,19,21). The van der Waals surface area contributed by atoms with Gasteiger partial charge in [-0.15, -0.1) is 0 Å². The lowest BCUT2D eigenvalue weighted by molar-refractivity contribution is -0.125. The quantitative estimate of drug-likeness (QED) is 0.839. The number of rotatable bonds is 6. The highest BCUT2D eigenvalue weighted by Crippen LogP contribution is 2.29. The van der Waals surface area contributed by atoms with Crippen molar-refractivity contribution in [3.05, 3.63) is 24.3 Å². The van der Waals surface area contributed by atoms with E-state index < -0.39 is 0 Å². The van der Waals surface area contributed by atoms with Crippen LogP contribution in [0.2, 0.25) is 0 Å². The second-order valence-electron chi connectivity index (χ2n) is 5.90. The molecule has 0 saturated carbocycles. The number of nitrogens with zero attached hydrogens (tertiary/aromatic N) is 1. The first-order valence-electron chi connectivity index (χ1n) is 7.98. The third kappa shape index (κ3) is 4.13. The zero-order valence-electron chi connectivity index (χ0n) is 13.8. The molecule has 1 unspecified atom stereocenters. The Morgan fingerprint density at radius 2 is 2.05 bits per heavy atom. The summed E-state index contributed by atoms with van der Waals surface area (Å²) in [5.41, 5.74) is 1.14. The normalized spacial score (nSPS) is 17.1. The van der Waals surface area contributed by atoms with E-state index in [9.17, 15) is 4.79 Å². The van der Waals surface area contributed by atoms with Crippen molar-refractivity contribution in [1.29, 1.82) is 0 Å². The predicted octanol–water partition coefficient (Wildman–Crippen LogP) is 1.64. The highest BCUT2D eigenvalue weighted by Gasteiger charge is 2.23. The number of piperidine rings is 1. The molecule has 1 fully saturated rings. The second-order valence-corrected chi connectivity index (χ2v) is 5.90. The Hall–Kier alpha value is -1.75. The molecule has 5 nitrogen and oxygen atoms in total. The van der Waals surface area contributed by atoms with Crippen LogP contribution in [0, 0.1) is 5.92 Å². The molecular formula is C17H27N3O2. The van der Waals surface area contributed by atoms with Crippen molar-refractivity contribution in [3.8, 4) is 5.75 Å². The van der Waals surface area contributed by atoms with E-state index >= 15 is 0 Å². The van der Waals surface area contributed by atoms with E-state index in [1.54, 1.807) is 7.11 Å². The van der Waals surface area contributed by atoms with Crippen LogP contribution in [0.5, 0.6) is 5.75 Å². The molecule has 0 aromatic heterocycles. The van der Waals surface area contributed by atoms with Gasteiger partial charge in [0.2, 0.25) is 5.91 Å². The second kappa shape index (κ2) is 8.03. The summed E-state index contributed by atoms with van der Waals surface area (Å²) in [6, 6.07) is 8.37. The van der Waals surface area contributed by atoms with Crippen LogP contribution in [-0.2, 0) is 4.79 Å². The monoisotopic (exact) mass is 305 g/mol. The average Bonchev–Trinajstić information content (AvgIpc) is 2.55. The maximum atomic E-state index is 12.1. The highest BCUT2D eigenvalue weighted by atomic mass is 16.5. The Labute approximate surface area is 133 Å². The number of benzene rings is 1. The third-order valence-corrected chi connectivity index (χ3v) is 4.23. The fourth-order valence-corrected chi connectivity index (χ4v) is 2.90. The Balaban J connectivity index is 1.86. The van der Waals surface area contributed by atoms with Crippen LogP contribution in [0.1, 0.15) is 19.8 Å². The van der Waals surface area contributed by atoms with E-state index in [2.05, 4.69) is 21.6 Å². The molecule has 0 bridgehead atoms. The predicted molar refractivity (Wildman–Crippen MR) is 89.5 cm³/mol. The van der Waals surface area contributed by atoms with Crippen molar-refractivity contribution in [3.63, 3.8) is 0 Å². The SMILES string of the molecule is CNCC(C)C(=O)NC1CCN(c2ccccc2OC)CC1. The minimum atomic E-state index is 0.0113. The van der Waals surface area contributed by atoms with Crippen LogP contribution in [0.25, 0.3) is 0 Å². The van der Waals surface area contributed by atoms with Crippen molar-refractivity contribution in [2.75, 3.05) is 38.7 Å². The maximum Gasteiger partial charge on any atom is 0.224 e. The lowest BCUT2D eigenvalue weighted by Crippen LogP contribution is -2.47. The number of hydrogen-bond donors (Lipinski definition) is 2. The van der Waals surface area contributed by atoms with Crippen LogP contribution in [-0.4, -0.2) is 45.7 Å². The van der Waals surface area contributed by atoms with Gasteiger partial charge in [-0.05, 0) is 32.0 Å². The number of anilines is 1. The van der Waals surface area contributed by atoms with E-state index in [1.807, 2.05) is 32.2 Å². The minimum absolute atomic E-state index is 0.0113. The molecule has 0 spiro atoms. The lowest BCUT2D eigenvalue weighted by atomic mass is 10.0. The summed E-state index contributed by atoms with van der Waals surface area (Å²) in [5.74, 6) is 1.06. The van der Waals surface area contributed by atoms with Gasteiger partial charge in [0, 0.05) is 31.6 Å².